The SMILES string of the molecule is Cc1cc(C)c(NC(=O)[C@H](C)Oc2cc(-c3ccccc3)c3c(C)nn(C)c3n2)c(C)c1. The maximum Gasteiger partial charge on any atom is 0.265 e. The molecular weight excluding hydrogens is 400 g/mol. The van der Waals surface area contributed by atoms with Gasteiger partial charge >= 0.3 is 0 Å². The Balaban J connectivity index is 1.66. The van der Waals surface area contributed by atoms with Crippen LogP contribution in [0.4, 0.5) is 5.69 Å². The number of amides is 1. The van der Waals surface area contributed by atoms with Crippen LogP contribution in [0.3, 0.4) is 0 Å². The fourth-order valence-corrected chi connectivity index (χ4v) is 4.16. The molecule has 1 atom stereocenters. The Bertz CT molecular complexity index is 1290. The Labute approximate surface area is 188 Å². The third-order valence-electron chi connectivity index (χ3n) is 5.62. The Kier molecular flexibility index (Phi) is 5.70. The number of carbonyl (C=O) groups excluding carboxylic acids is 1. The summed E-state index contributed by atoms with van der Waals surface area (Å²) in [5, 5.41) is 8.53. The van der Waals surface area contributed by atoms with Crippen LogP contribution in [0, 0.1) is 27.7 Å². The van der Waals surface area contributed by atoms with Crippen molar-refractivity contribution in [1.82, 2.24) is 14.8 Å². The third kappa shape index (κ3) is 4.08. The lowest BCUT2D eigenvalue weighted by Crippen LogP contribution is -2.31. The number of nitrogens with one attached hydrogen (secondary N) is 1. The molecule has 4 rings (SSSR count). The first kappa shape index (κ1) is 21.6. The van der Waals surface area contributed by atoms with Gasteiger partial charge in [0.25, 0.3) is 5.91 Å². The molecule has 2 aromatic heterocycles. The lowest BCUT2D eigenvalue weighted by molar-refractivity contribution is -0.122. The highest BCUT2D eigenvalue weighted by Crippen LogP contribution is 2.33. The van der Waals surface area contributed by atoms with Crippen LogP contribution in [0.15, 0.2) is 48.5 Å². The van der Waals surface area contributed by atoms with E-state index in [-0.39, 0.29) is 5.91 Å². The molecule has 2 aromatic carbocycles. The van der Waals surface area contributed by atoms with E-state index in [0.717, 1.165) is 44.7 Å². The fourth-order valence-electron chi connectivity index (χ4n) is 4.16. The summed E-state index contributed by atoms with van der Waals surface area (Å²) in [4.78, 5) is 17.6. The molecule has 6 nitrogen and oxygen atoms in total. The molecule has 0 radical (unpaired) electrons. The summed E-state index contributed by atoms with van der Waals surface area (Å²) in [6.45, 7) is 9.74. The van der Waals surface area contributed by atoms with Crippen molar-refractivity contribution in [2.75, 3.05) is 5.32 Å². The molecule has 1 amide bonds. The smallest absolute Gasteiger partial charge is 0.265 e. The van der Waals surface area contributed by atoms with Crippen LogP contribution in [-0.2, 0) is 11.8 Å². The fraction of sp³-hybridized carbons (Fsp3) is 0.269. The zero-order valence-electron chi connectivity index (χ0n) is 19.4. The Hall–Kier alpha value is -3.67. The predicted molar refractivity (Wildman–Crippen MR) is 128 cm³/mol. The molecule has 6 heteroatoms. The number of fused-ring (bicyclic) bond motifs is 1. The van der Waals surface area contributed by atoms with Gasteiger partial charge in [0.05, 0.1) is 11.1 Å². The highest BCUT2D eigenvalue weighted by Gasteiger charge is 2.20. The van der Waals surface area contributed by atoms with E-state index < -0.39 is 6.10 Å². The Morgan fingerprint density at radius 2 is 1.69 bits per heavy atom. The molecule has 0 aliphatic rings. The number of pyridine rings is 1. The first-order chi connectivity index (χ1) is 15.2. The standard InChI is InChI=1S/C26H28N4O2/c1-15-12-16(2)24(17(3)13-15)28-26(31)19(5)32-22-14-21(20-10-8-7-9-11-20)23-18(4)29-30(6)25(23)27-22/h7-14,19H,1-6H3,(H,28,31)/t19-/m0/s1. The second-order valence-electron chi connectivity index (χ2n) is 8.30. The van der Waals surface area contributed by atoms with Gasteiger partial charge in [-0.05, 0) is 56.9 Å². The van der Waals surface area contributed by atoms with Crippen LogP contribution in [0.1, 0.15) is 29.3 Å². The maximum absolute atomic E-state index is 12.9. The monoisotopic (exact) mass is 428 g/mol. The average molecular weight is 429 g/mol. The minimum absolute atomic E-state index is 0.218. The number of ether oxygens (including phenoxy) is 1. The molecule has 2 heterocycles. The number of aromatic nitrogens is 3. The van der Waals surface area contributed by atoms with Crippen LogP contribution in [0.25, 0.3) is 22.2 Å². The van der Waals surface area contributed by atoms with Gasteiger partial charge in [0.2, 0.25) is 5.88 Å². The number of aryl methyl sites for hydroxylation is 5. The van der Waals surface area contributed by atoms with Crippen molar-refractivity contribution in [3.63, 3.8) is 0 Å². The van der Waals surface area contributed by atoms with E-state index in [2.05, 4.69) is 27.5 Å². The van der Waals surface area contributed by atoms with Gasteiger partial charge in [-0.3, -0.25) is 9.48 Å². The van der Waals surface area contributed by atoms with E-state index in [9.17, 15) is 4.79 Å². The summed E-state index contributed by atoms with van der Waals surface area (Å²) >= 11 is 0. The second-order valence-corrected chi connectivity index (χ2v) is 8.30. The largest absolute Gasteiger partial charge is 0.464 e. The maximum atomic E-state index is 12.9. The van der Waals surface area contributed by atoms with Crippen molar-refractivity contribution in [3.05, 3.63) is 70.9 Å². The number of anilines is 1. The Morgan fingerprint density at radius 1 is 1.03 bits per heavy atom. The van der Waals surface area contributed by atoms with Gasteiger partial charge in [0, 0.05) is 18.8 Å². The van der Waals surface area contributed by atoms with Gasteiger partial charge in [-0.2, -0.15) is 10.1 Å². The van der Waals surface area contributed by atoms with Crippen LogP contribution < -0.4 is 10.1 Å². The molecule has 0 aliphatic carbocycles. The molecule has 0 aliphatic heterocycles. The van der Waals surface area contributed by atoms with Crippen molar-refractivity contribution in [2.45, 2.75) is 40.7 Å². The minimum atomic E-state index is -0.724. The molecular formula is C26H28N4O2. The van der Waals surface area contributed by atoms with E-state index in [1.165, 1.54) is 5.56 Å². The number of nitrogens with zero attached hydrogens (tertiary/aromatic N) is 3. The highest BCUT2D eigenvalue weighted by molar-refractivity contribution is 5.97. The van der Waals surface area contributed by atoms with Crippen molar-refractivity contribution < 1.29 is 9.53 Å². The summed E-state index contributed by atoms with van der Waals surface area (Å²) in [7, 11) is 1.86. The van der Waals surface area contributed by atoms with E-state index in [4.69, 9.17) is 4.74 Å². The van der Waals surface area contributed by atoms with Crippen molar-refractivity contribution in [2.24, 2.45) is 7.05 Å². The summed E-state index contributed by atoms with van der Waals surface area (Å²) in [6.07, 6.45) is -0.724. The zero-order chi connectivity index (χ0) is 23.0. The van der Waals surface area contributed by atoms with Gasteiger partial charge < -0.3 is 10.1 Å². The van der Waals surface area contributed by atoms with Gasteiger partial charge in [0.15, 0.2) is 11.8 Å². The lowest BCUT2D eigenvalue weighted by atomic mass is 10.0. The number of carbonyl (C=O) groups is 1. The molecule has 164 valence electrons. The number of benzene rings is 2. The van der Waals surface area contributed by atoms with Crippen LogP contribution in [0.2, 0.25) is 0 Å². The molecule has 32 heavy (non-hydrogen) atoms. The van der Waals surface area contributed by atoms with E-state index in [0.29, 0.717) is 5.88 Å². The topological polar surface area (TPSA) is 69.0 Å². The Morgan fingerprint density at radius 3 is 2.34 bits per heavy atom. The minimum Gasteiger partial charge on any atom is -0.464 e. The number of hydrogen-bond acceptors (Lipinski definition) is 4. The molecule has 0 spiro atoms. The number of hydrogen-bond donors (Lipinski definition) is 1. The highest BCUT2D eigenvalue weighted by atomic mass is 16.5. The normalized spacial score (nSPS) is 12.1. The molecule has 0 saturated carbocycles. The molecule has 0 fully saturated rings. The van der Waals surface area contributed by atoms with Crippen LogP contribution >= 0.6 is 0 Å². The summed E-state index contributed by atoms with van der Waals surface area (Å²) in [5.41, 5.74) is 7.69. The molecule has 1 N–H and O–H groups in total. The van der Waals surface area contributed by atoms with Gasteiger partial charge in [-0.1, -0.05) is 48.0 Å². The summed E-state index contributed by atoms with van der Waals surface area (Å²) in [6, 6.07) is 16.1. The molecule has 0 saturated heterocycles. The third-order valence-corrected chi connectivity index (χ3v) is 5.62. The van der Waals surface area contributed by atoms with Crippen molar-refractivity contribution in [1.29, 1.82) is 0 Å². The van der Waals surface area contributed by atoms with E-state index in [1.54, 1.807) is 11.6 Å². The van der Waals surface area contributed by atoms with E-state index in [1.807, 2.05) is 71.1 Å². The van der Waals surface area contributed by atoms with Crippen molar-refractivity contribution >= 4 is 22.6 Å². The zero-order valence-corrected chi connectivity index (χ0v) is 19.4. The predicted octanol–water partition coefficient (Wildman–Crippen LogP) is 5.27. The first-order valence-corrected chi connectivity index (χ1v) is 10.7. The molecule has 0 unspecified atom stereocenters. The van der Waals surface area contributed by atoms with Crippen LogP contribution in [0.5, 0.6) is 5.88 Å². The summed E-state index contributed by atoms with van der Waals surface area (Å²) in [5.74, 6) is 0.170. The number of rotatable bonds is 5. The quantitative estimate of drug-likeness (QED) is 0.470. The van der Waals surface area contributed by atoms with Gasteiger partial charge in [-0.25, -0.2) is 0 Å². The van der Waals surface area contributed by atoms with E-state index >= 15 is 0 Å². The van der Waals surface area contributed by atoms with Crippen molar-refractivity contribution in [3.8, 4) is 17.0 Å². The lowest BCUT2D eigenvalue weighted by Gasteiger charge is -2.18. The second kappa shape index (κ2) is 8.46. The molecule has 0 bridgehead atoms. The van der Waals surface area contributed by atoms with Gasteiger partial charge in [0.1, 0.15) is 0 Å². The molecule has 4 aromatic rings. The average Bonchev–Trinajstić information content (AvgIpc) is 3.04. The van der Waals surface area contributed by atoms with Gasteiger partial charge in [-0.15, -0.1) is 0 Å². The summed E-state index contributed by atoms with van der Waals surface area (Å²) < 4.78 is 7.77. The first-order valence-electron chi connectivity index (χ1n) is 10.7. The van der Waals surface area contributed by atoms with Crippen LogP contribution in [-0.4, -0.2) is 26.8 Å².